The molecule has 132 valence electrons. The smallest absolute Gasteiger partial charge is 0.155 e. The van der Waals surface area contributed by atoms with Crippen LogP contribution in [0.2, 0.25) is 5.02 Å². The molecule has 3 aromatic rings. The monoisotopic (exact) mass is 368 g/mol. The number of rotatable bonds is 5. The van der Waals surface area contributed by atoms with Gasteiger partial charge < -0.3 is 5.21 Å². The number of hydrazone groups is 1. The Kier molecular flexibility index (Phi) is 5.28. The number of nitrogens with zero attached hydrogens (tertiary/aromatic N) is 5. The molecule has 2 aromatic carbocycles. The van der Waals surface area contributed by atoms with Crippen LogP contribution in [0.4, 0.5) is 5.69 Å². The zero-order chi connectivity index (χ0) is 18.5. The maximum absolute atomic E-state index is 9.48. The Hall–Kier alpha value is -3.19. The van der Waals surface area contributed by atoms with Gasteiger partial charge in [-0.1, -0.05) is 47.1 Å². The molecule has 0 unspecified atom stereocenters. The second kappa shape index (κ2) is 7.79. The molecule has 0 spiro atoms. The van der Waals surface area contributed by atoms with E-state index in [0.717, 1.165) is 5.69 Å². The number of nitrogens with one attached hydrogen (secondary N) is 1. The molecular formula is C18H17ClN6O. The Morgan fingerprint density at radius 3 is 2.46 bits per heavy atom. The molecule has 0 fully saturated rings. The molecule has 2 N–H and O–H groups in total. The number of hydrogen-bond donors (Lipinski definition) is 2. The third kappa shape index (κ3) is 3.73. The van der Waals surface area contributed by atoms with Crippen molar-refractivity contribution in [2.24, 2.45) is 10.3 Å². The van der Waals surface area contributed by atoms with Crippen molar-refractivity contribution in [2.75, 3.05) is 5.43 Å². The van der Waals surface area contributed by atoms with E-state index in [9.17, 15) is 5.21 Å². The summed E-state index contributed by atoms with van der Waals surface area (Å²) in [7, 11) is 0. The fourth-order valence-corrected chi connectivity index (χ4v) is 2.49. The van der Waals surface area contributed by atoms with Crippen LogP contribution < -0.4 is 5.43 Å². The van der Waals surface area contributed by atoms with Gasteiger partial charge in [-0.3, -0.25) is 5.43 Å². The second-order valence-electron chi connectivity index (χ2n) is 5.50. The van der Waals surface area contributed by atoms with Crippen molar-refractivity contribution < 1.29 is 5.21 Å². The minimum atomic E-state index is 0.226. The molecule has 0 bridgehead atoms. The van der Waals surface area contributed by atoms with Gasteiger partial charge in [0.05, 0.1) is 27.8 Å². The molecule has 0 saturated carbocycles. The van der Waals surface area contributed by atoms with Crippen molar-refractivity contribution >= 4 is 28.7 Å². The van der Waals surface area contributed by atoms with Gasteiger partial charge in [0.2, 0.25) is 0 Å². The highest BCUT2D eigenvalue weighted by atomic mass is 35.5. The van der Waals surface area contributed by atoms with E-state index in [2.05, 4.69) is 25.9 Å². The summed E-state index contributed by atoms with van der Waals surface area (Å²) >= 11 is 6.10. The highest BCUT2D eigenvalue weighted by Gasteiger charge is 2.18. The van der Waals surface area contributed by atoms with Gasteiger partial charge in [0, 0.05) is 0 Å². The number of aromatic nitrogens is 3. The SMILES string of the molecule is CC(=N\Nc1ccccc1Cl)/C(=N/O)c1nn(-c2ccccc2)nc1C. The van der Waals surface area contributed by atoms with Gasteiger partial charge >= 0.3 is 0 Å². The van der Waals surface area contributed by atoms with E-state index < -0.39 is 0 Å². The maximum atomic E-state index is 9.48. The molecule has 0 saturated heterocycles. The molecule has 0 aliphatic heterocycles. The van der Waals surface area contributed by atoms with Crippen LogP contribution in [-0.4, -0.2) is 31.6 Å². The van der Waals surface area contributed by atoms with Crippen molar-refractivity contribution in [3.8, 4) is 5.69 Å². The molecule has 1 aromatic heterocycles. The molecular weight excluding hydrogens is 352 g/mol. The van der Waals surface area contributed by atoms with Crippen LogP contribution in [0.5, 0.6) is 0 Å². The number of para-hydroxylation sites is 2. The molecule has 0 radical (unpaired) electrons. The number of aryl methyl sites for hydroxylation is 1. The molecule has 8 heteroatoms. The molecule has 3 rings (SSSR count). The van der Waals surface area contributed by atoms with Crippen molar-refractivity contribution in [3.63, 3.8) is 0 Å². The van der Waals surface area contributed by atoms with Crippen molar-refractivity contribution in [1.29, 1.82) is 0 Å². The number of halogens is 1. The van der Waals surface area contributed by atoms with Gasteiger partial charge in [0.1, 0.15) is 5.69 Å². The third-order valence-electron chi connectivity index (χ3n) is 3.65. The second-order valence-corrected chi connectivity index (χ2v) is 5.90. The van der Waals surface area contributed by atoms with Crippen LogP contribution in [-0.2, 0) is 0 Å². The van der Waals surface area contributed by atoms with E-state index in [0.29, 0.717) is 27.8 Å². The average Bonchev–Trinajstić information content (AvgIpc) is 3.04. The quantitative estimate of drug-likeness (QED) is 0.406. The van der Waals surface area contributed by atoms with Crippen molar-refractivity contribution in [3.05, 3.63) is 71.0 Å². The van der Waals surface area contributed by atoms with Crippen LogP contribution in [0.3, 0.4) is 0 Å². The van der Waals surface area contributed by atoms with Gasteiger partial charge in [0.25, 0.3) is 0 Å². The van der Waals surface area contributed by atoms with Gasteiger partial charge in [-0.05, 0) is 38.1 Å². The zero-order valence-electron chi connectivity index (χ0n) is 14.3. The summed E-state index contributed by atoms with van der Waals surface area (Å²) in [6.45, 7) is 3.50. The predicted molar refractivity (Wildman–Crippen MR) is 103 cm³/mol. The first-order chi connectivity index (χ1) is 12.6. The fraction of sp³-hybridized carbons (Fsp3) is 0.111. The minimum Gasteiger partial charge on any atom is -0.410 e. The summed E-state index contributed by atoms with van der Waals surface area (Å²) < 4.78 is 0. The zero-order valence-corrected chi connectivity index (χ0v) is 15.0. The molecule has 0 amide bonds. The summed E-state index contributed by atoms with van der Waals surface area (Å²) in [6.07, 6.45) is 0. The van der Waals surface area contributed by atoms with Crippen LogP contribution in [0, 0.1) is 6.92 Å². The molecule has 0 aliphatic carbocycles. The molecule has 26 heavy (non-hydrogen) atoms. The Balaban J connectivity index is 1.88. The number of anilines is 1. The maximum Gasteiger partial charge on any atom is 0.155 e. The third-order valence-corrected chi connectivity index (χ3v) is 3.98. The van der Waals surface area contributed by atoms with Crippen LogP contribution >= 0.6 is 11.6 Å². The Bertz CT molecular complexity index is 965. The van der Waals surface area contributed by atoms with Crippen LogP contribution in [0.25, 0.3) is 5.69 Å². The first-order valence-corrected chi connectivity index (χ1v) is 8.25. The topological polar surface area (TPSA) is 87.7 Å². The summed E-state index contributed by atoms with van der Waals surface area (Å²) in [6, 6.07) is 16.7. The first-order valence-electron chi connectivity index (χ1n) is 7.87. The van der Waals surface area contributed by atoms with Crippen LogP contribution in [0.1, 0.15) is 18.3 Å². The molecule has 1 heterocycles. The standard InChI is InChI=1S/C18H17ClN6O/c1-12(20-21-16-11-7-6-10-15(16)19)18(24-26)17-13(2)22-25(23-17)14-8-4-3-5-9-14/h3-11,21,26H,1-2H3/b20-12+,24-18-. The van der Waals surface area contributed by atoms with Crippen molar-refractivity contribution in [2.45, 2.75) is 13.8 Å². The predicted octanol–water partition coefficient (Wildman–Crippen LogP) is 3.90. The van der Waals surface area contributed by atoms with E-state index >= 15 is 0 Å². The molecule has 0 aliphatic rings. The lowest BCUT2D eigenvalue weighted by atomic mass is 10.1. The lowest BCUT2D eigenvalue weighted by molar-refractivity contribution is 0.320. The highest BCUT2D eigenvalue weighted by molar-refractivity contribution is 6.47. The highest BCUT2D eigenvalue weighted by Crippen LogP contribution is 2.20. The van der Waals surface area contributed by atoms with Crippen molar-refractivity contribution in [1.82, 2.24) is 15.0 Å². The van der Waals surface area contributed by atoms with Gasteiger partial charge in [-0.25, -0.2) is 0 Å². The Morgan fingerprint density at radius 1 is 1.08 bits per heavy atom. The summed E-state index contributed by atoms with van der Waals surface area (Å²) in [4.78, 5) is 1.49. The lowest BCUT2D eigenvalue weighted by Crippen LogP contribution is -2.16. The average molecular weight is 369 g/mol. The lowest BCUT2D eigenvalue weighted by Gasteiger charge is -2.05. The summed E-state index contributed by atoms with van der Waals surface area (Å²) in [5.74, 6) is 0. The number of oxime groups is 1. The van der Waals surface area contributed by atoms with Gasteiger partial charge in [-0.2, -0.15) is 15.0 Å². The molecule has 7 nitrogen and oxygen atoms in total. The Labute approximate surface area is 155 Å². The molecule has 0 atom stereocenters. The largest absolute Gasteiger partial charge is 0.410 e. The van der Waals surface area contributed by atoms with E-state index in [4.69, 9.17) is 11.6 Å². The van der Waals surface area contributed by atoms with E-state index in [-0.39, 0.29) is 5.71 Å². The van der Waals surface area contributed by atoms with Gasteiger partial charge in [-0.15, -0.1) is 5.10 Å². The number of benzene rings is 2. The van der Waals surface area contributed by atoms with E-state index in [1.165, 1.54) is 4.80 Å². The van der Waals surface area contributed by atoms with Crippen LogP contribution in [0.15, 0.2) is 64.9 Å². The van der Waals surface area contributed by atoms with Gasteiger partial charge in [0.15, 0.2) is 5.71 Å². The minimum absolute atomic E-state index is 0.226. The number of hydrogen-bond acceptors (Lipinski definition) is 6. The van der Waals surface area contributed by atoms with E-state index in [1.54, 1.807) is 26.0 Å². The summed E-state index contributed by atoms with van der Waals surface area (Å²) in [5.41, 5.74) is 6.05. The normalized spacial score (nSPS) is 12.3. The fourth-order valence-electron chi connectivity index (χ4n) is 2.31. The first kappa shape index (κ1) is 17.6. The summed E-state index contributed by atoms with van der Waals surface area (Å²) in [5, 5.41) is 26.4. The van der Waals surface area contributed by atoms with E-state index in [1.807, 2.05) is 42.5 Å². The Morgan fingerprint density at radius 2 is 1.77 bits per heavy atom.